The number of unbranched alkanes of at least 4 members (excludes halogenated alkanes) is 28. The highest BCUT2D eigenvalue weighted by Gasteiger charge is 2.31. The molecule has 0 amide bonds. The third kappa shape index (κ3) is 41.2. The lowest BCUT2D eigenvalue weighted by Gasteiger charge is -2.31. The Morgan fingerprint density at radius 1 is 0.483 bits per heavy atom. The van der Waals surface area contributed by atoms with E-state index in [2.05, 4.69) is 38.2 Å². The van der Waals surface area contributed by atoms with Gasteiger partial charge in [0.1, 0.15) is 6.61 Å². The fourth-order valence-corrected chi connectivity index (χ4v) is 7.61. The minimum Gasteiger partial charge on any atom is -0.477 e. The van der Waals surface area contributed by atoms with Crippen LogP contribution in [0.1, 0.15) is 239 Å². The van der Waals surface area contributed by atoms with Crippen molar-refractivity contribution in [3.63, 3.8) is 0 Å². The Labute approximate surface area is 371 Å². The van der Waals surface area contributed by atoms with Crippen molar-refractivity contribution in [3.05, 3.63) is 24.3 Å². The van der Waals surface area contributed by atoms with Gasteiger partial charge in [0.25, 0.3) is 0 Å². The van der Waals surface area contributed by atoms with Gasteiger partial charge in [-0.2, -0.15) is 0 Å². The number of ether oxygens (including phenoxy) is 3. The van der Waals surface area contributed by atoms with E-state index in [1.54, 1.807) is 0 Å². The van der Waals surface area contributed by atoms with Gasteiger partial charge in [-0.05, 0) is 64.2 Å². The molecule has 60 heavy (non-hydrogen) atoms. The van der Waals surface area contributed by atoms with Crippen LogP contribution in [0.15, 0.2) is 24.3 Å². The van der Waals surface area contributed by atoms with Crippen LogP contribution >= 0.6 is 0 Å². The second-order valence-corrected chi connectivity index (χ2v) is 18.4. The molecule has 352 valence electrons. The summed E-state index contributed by atoms with van der Waals surface area (Å²) in [4.78, 5) is 37.1. The molecule has 0 rings (SSSR count). The first-order valence-electron chi connectivity index (χ1n) is 25.4. The van der Waals surface area contributed by atoms with Gasteiger partial charge in [0.15, 0.2) is 12.1 Å². The first-order chi connectivity index (χ1) is 29.1. The average molecular weight is 849 g/mol. The normalized spacial score (nSPS) is 13.0. The zero-order valence-electron chi connectivity index (χ0n) is 40.2. The Morgan fingerprint density at radius 3 is 1.20 bits per heavy atom. The number of carboxylic acids is 1. The molecule has 0 saturated carbocycles. The molecule has 0 aromatic heterocycles. The number of carboxylic acid groups (broad SMARTS) is 1. The molecule has 0 aromatic rings. The van der Waals surface area contributed by atoms with Crippen molar-refractivity contribution in [2.75, 3.05) is 41.0 Å². The average Bonchev–Trinajstić information content (AvgIpc) is 3.21. The Balaban J connectivity index is 4.25. The molecule has 0 bridgehead atoms. The largest absolute Gasteiger partial charge is 0.477 e. The third-order valence-corrected chi connectivity index (χ3v) is 11.6. The van der Waals surface area contributed by atoms with Crippen LogP contribution in [-0.2, 0) is 28.6 Å². The topological polar surface area (TPSA) is 99.1 Å². The van der Waals surface area contributed by atoms with E-state index < -0.39 is 18.1 Å². The van der Waals surface area contributed by atoms with Crippen LogP contribution in [0.4, 0.5) is 0 Å². The predicted molar refractivity (Wildman–Crippen MR) is 252 cm³/mol. The number of rotatable bonds is 46. The maximum atomic E-state index is 12.8. The lowest BCUT2D eigenvalue weighted by atomic mass is 10.1. The van der Waals surface area contributed by atoms with E-state index in [0.29, 0.717) is 19.3 Å². The van der Waals surface area contributed by atoms with Gasteiger partial charge in [-0.1, -0.05) is 179 Å². The Hall–Kier alpha value is -2.19. The van der Waals surface area contributed by atoms with Gasteiger partial charge in [-0.15, -0.1) is 0 Å². The number of nitrogens with zero attached hydrogens (tertiary/aromatic N) is 1. The number of allylic oxidation sites excluding steroid dienone is 4. The predicted octanol–water partition coefficient (Wildman–Crippen LogP) is 14.4. The highest BCUT2D eigenvalue weighted by atomic mass is 16.6. The van der Waals surface area contributed by atoms with Crippen LogP contribution in [-0.4, -0.2) is 80.6 Å². The first kappa shape index (κ1) is 57.8. The van der Waals surface area contributed by atoms with Gasteiger partial charge in [-0.3, -0.25) is 9.59 Å². The lowest BCUT2D eigenvalue weighted by molar-refractivity contribution is -0.887. The highest BCUT2D eigenvalue weighted by molar-refractivity contribution is 5.72. The number of aliphatic carboxylic acids is 1. The van der Waals surface area contributed by atoms with Crippen molar-refractivity contribution in [3.8, 4) is 0 Å². The molecule has 0 fully saturated rings. The van der Waals surface area contributed by atoms with Gasteiger partial charge < -0.3 is 23.8 Å². The van der Waals surface area contributed by atoms with E-state index in [1.807, 2.05) is 21.1 Å². The van der Waals surface area contributed by atoms with E-state index in [1.165, 1.54) is 167 Å². The molecule has 8 heteroatoms. The molecule has 0 heterocycles. The molecule has 0 spiro atoms. The van der Waals surface area contributed by atoms with Crippen molar-refractivity contribution in [2.45, 2.75) is 251 Å². The molecular formula is C52H98NO7+. The first-order valence-corrected chi connectivity index (χ1v) is 25.4. The molecule has 0 aromatic carbocycles. The number of hydrogen-bond acceptors (Lipinski definition) is 6. The van der Waals surface area contributed by atoms with Crippen LogP contribution in [0.5, 0.6) is 0 Å². The van der Waals surface area contributed by atoms with E-state index in [4.69, 9.17) is 14.2 Å². The highest BCUT2D eigenvalue weighted by Crippen LogP contribution is 2.15. The van der Waals surface area contributed by atoms with E-state index in [9.17, 15) is 19.5 Å². The molecule has 0 aliphatic heterocycles. The number of likely N-dealkylation sites (N-methyl/N-ethyl adjacent to an activating group) is 1. The van der Waals surface area contributed by atoms with Crippen LogP contribution in [0, 0.1) is 0 Å². The molecule has 2 unspecified atom stereocenters. The summed E-state index contributed by atoms with van der Waals surface area (Å²) in [6.45, 7) is 4.75. The van der Waals surface area contributed by atoms with Crippen LogP contribution in [0.2, 0.25) is 0 Å². The van der Waals surface area contributed by atoms with Crippen molar-refractivity contribution in [1.82, 2.24) is 0 Å². The molecule has 0 aliphatic carbocycles. The number of esters is 2. The Kier molecular flexibility index (Phi) is 41.9. The fourth-order valence-electron chi connectivity index (χ4n) is 7.61. The summed E-state index contributed by atoms with van der Waals surface area (Å²) < 4.78 is 17.3. The molecule has 0 aliphatic rings. The van der Waals surface area contributed by atoms with E-state index >= 15 is 0 Å². The summed E-state index contributed by atoms with van der Waals surface area (Å²) >= 11 is 0. The monoisotopic (exact) mass is 849 g/mol. The molecule has 1 N–H and O–H groups in total. The Bertz CT molecular complexity index is 1040. The summed E-state index contributed by atoms with van der Waals surface area (Å²) in [5.41, 5.74) is 0. The molecular weight excluding hydrogens is 751 g/mol. The van der Waals surface area contributed by atoms with Crippen LogP contribution in [0.3, 0.4) is 0 Å². The molecule has 2 atom stereocenters. The zero-order chi connectivity index (χ0) is 44.2. The smallest absolute Gasteiger partial charge is 0.362 e. The summed E-state index contributed by atoms with van der Waals surface area (Å²) in [6.07, 6.45) is 49.3. The lowest BCUT2D eigenvalue weighted by Crippen LogP contribution is -2.50. The summed E-state index contributed by atoms with van der Waals surface area (Å²) in [6, 6.07) is -0.614. The minimum atomic E-state index is -0.874. The SMILES string of the molecule is CCCCCCCC/C=C/CCCCCCCCCC(=O)OC(COCCC(C(=O)O)[N+](C)(C)C)COC(=O)CCCCCCCCC/C=C/CCCCCCCCCC. The number of carbonyl (C=O) groups excluding carboxylic acids is 2. The summed E-state index contributed by atoms with van der Waals surface area (Å²) in [5, 5.41) is 9.65. The standard InChI is InChI=1S/C52H97NO7/c1-6-8-10-12-14-16-18-20-22-24-25-27-28-30-32-34-36-38-40-42-50(54)59-47-48(46-58-45-44-49(52(56)57)53(3,4)5)60-51(55)43-41-39-37-35-33-31-29-26-23-21-19-17-15-13-11-9-7-2/h21,23-25,48-49H,6-20,22,26-47H2,1-5H3/p+1/b23-21+,25-24+. The van der Waals surface area contributed by atoms with Crippen LogP contribution in [0.25, 0.3) is 0 Å². The van der Waals surface area contributed by atoms with Gasteiger partial charge in [0, 0.05) is 19.3 Å². The number of quaternary nitrogens is 1. The fraction of sp³-hybridized carbons (Fsp3) is 0.865. The Morgan fingerprint density at radius 2 is 0.833 bits per heavy atom. The zero-order valence-corrected chi connectivity index (χ0v) is 40.2. The molecule has 8 nitrogen and oxygen atoms in total. The molecule has 0 radical (unpaired) electrons. The van der Waals surface area contributed by atoms with Crippen LogP contribution < -0.4 is 0 Å². The molecule has 0 saturated heterocycles. The van der Waals surface area contributed by atoms with Gasteiger partial charge >= 0.3 is 17.9 Å². The minimum absolute atomic E-state index is 0.0515. The summed E-state index contributed by atoms with van der Waals surface area (Å²) in [7, 11) is 5.54. The second kappa shape index (κ2) is 43.5. The van der Waals surface area contributed by atoms with E-state index in [0.717, 1.165) is 38.5 Å². The van der Waals surface area contributed by atoms with Gasteiger partial charge in [0.05, 0.1) is 34.4 Å². The number of carbonyl (C=O) groups is 3. The number of hydrogen-bond donors (Lipinski definition) is 1. The van der Waals surface area contributed by atoms with E-state index in [-0.39, 0.29) is 36.2 Å². The maximum Gasteiger partial charge on any atom is 0.362 e. The quantitative estimate of drug-likeness (QED) is 0.0282. The second-order valence-electron chi connectivity index (χ2n) is 18.4. The van der Waals surface area contributed by atoms with Gasteiger partial charge in [-0.25, -0.2) is 4.79 Å². The van der Waals surface area contributed by atoms with Crippen molar-refractivity contribution in [2.24, 2.45) is 0 Å². The van der Waals surface area contributed by atoms with Crippen molar-refractivity contribution in [1.29, 1.82) is 0 Å². The van der Waals surface area contributed by atoms with Crippen molar-refractivity contribution >= 4 is 17.9 Å². The summed E-state index contributed by atoms with van der Waals surface area (Å²) in [5.74, 6) is -1.46. The third-order valence-electron chi connectivity index (χ3n) is 11.6. The van der Waals surface area contributed by atoms with Crippen molar-refractivity contribution < 1.29 is 38.2 Å². The van der Waals surface area contributed by atoms with Gasteiger partial charge in [0.2, 0.25) is 0 Å². The maximum absolute atomic E-state index is 12.8.